The largest absolute Gasteiger partial charge is 0.355 e. The molecule has 0 saturated heterocycles. The van der Waals surface area contributed by atoms with Crippen LogP contribution < -0.4 is 16.0 Å². The number of hydrogen-bond donors (Lipinski definition) is 3. The summed E-state index contributed by atoms with van der Waals surface area (Å²) in [7, 11) is 3.30. The van der Waals surface area contributed by atoms with Gasteiger partial charge in [-0.1, -0.05) is 11.6 Å². The van der Waals surface area contributed by atoms with Crippen LogP contribution in [0.1, 0.15) is 16.8 Å². The normalized spacial score (nSPS) is 9.42. The van der Waals surface area contributed by atoms with Crippen LogP contribution in [0.3, 0.4) is 0 Å². The molecule has 19 heavy (non-hydrogen) atoms. The lowest BCUT2D eigenvalue weighted by atomic mass is 10.2. The SMILES string of the molecule is CNCCC(=O)Nc1ccc(Cl)c(C(=O)NC)c1.Cl. The topological polar surface area (TPSA) is 70.2 Å². The third-order valence-electron chi connectivity index (χ3n) is 2.32. The number of amides is 2. The average Bonchev–Trinajstić information content (AvgIpc) is 2.37. The van der Waals surface area contributed by atoms with Crippen LogP contribution in [0.25, 0.3) is 0 Å². The first-order valence-electron chi connectivity index (χ1n) is 5.54. The van der Waals surface area contributed by atoms with Crippen molar-refractivity contribution in [3.8, 4) is 0 Å². The van der Waals surface area contributed by atoms with E-state index in [1.54, 1.807) is 25.2 Å². The summed E-state index contributed by atoms with van der Waals surface area (Å²) in [5.41, 5.74) is 0.893. The van der Waals surface area contributed by atoms with Gasteiger partial charge in [0.1, 0.15) is 0 Å². The Morgan fingerprint density at radius 2 is 1.95 bits per heavy atom. The van der Waals surface area contributed by atoms with Crippen molar-refractivity contribution in [2.45, 2.75) is 6.42 Å². The number of carbonyl (C=O) groups is 2. The molecular weight excluding hydrogens is 289 g/mol. The average molecular weight is 306 g/mol. The summed E-state index contributed by atoms with van der Waals surface area (Å²) >= 11 is 5.91. The zero-order valence-electron chi connectivity index (χ0n) is 10.7. The number of halogens is 2. The first-order valence-corrected chi connectivity index (χ1v) is 5.92. The van der Waals surface area contributed by atoms with Gasteiger partial charge >= 0.3 is 0 Å². The molecule has 5 nitrogen and oxygen atoms in total. The van der Waals surface area contributed by atoms with Crippen molar-refractivity contribution in [2.75, 3.05) is 26.0 Å². The van der Waals surface area contributed by atoms with E-state index in [0.29, 0.717) is 29.2 Å². The first kappa shape index (κ1) is 17.7. The third-order valence-corrected chi connectivity index (χ3v) is 2.65. The molecular formula is C12H17Cl2N3O2. The molecule has 0 spiro atoms. The van der Waals surface area contributed by atoms with Crippen LogP contribution in [0.15, 0.2) is 18.2 Å². The Balaban J connectivity index is 0.00000324. The summed E-state index contributed by atoms with van der Waals surface area (Å²) < 4.78 is 0. The highest BCUT2D eigenvalue weighted by Crippen LogP contribution is 2.20. The molecule has 0 aliphatic rings. The molecule has 0 unspecified atom stereocenters. The van der Waals surface area contributed by atoms with Crippen LogP contribution in [0.2, 0.25) is 5.02 Å². The van der Waals surface area contributed by atoms with E-state index in [2.05, 4.69) is 16.0 Å². The standard InChI is InChI=1S/C12H16ClN3O2.ClH/c1-14-6-5-11(17)16-8-3-4-10(13)9(7-8)12(18)15-2;/h3-4,7,14H,5-6H2,1-2H3,(H,15,18)(H,16,17);1H. The van der Waals surface area contributed by atoms with Gasteiger partial charge in [-0.3, -0.25) is 9.59 Å². The molecule has 0 fully saturated rings. The smallest absolute Gasteiger partial charge is 0.252 e. The maximum absolute atomic E-state index is 11.5. The maximum Gasteiger partial charge on any atom is 0.252 e. The van der Waals surface area contributed by atoms with Gasteiger partial charge < -0.3 is 16.0 Å². The molecule has 0 heterocycles. The second-order valence-electron chi connectivity index (χ2n) is 3.68. The van der Waals surface area contributed by atoms with Crippen molar-refractivity contribution < 1.29 is 9.59 Å². The number of benzene rings is 1. The highest BCUT2D eigenvalue weighted by Gasteiger charge is 2.10. The Labute approximate surface area is 123 Å². The van der Waals surface area contributed by atoms with E-state index in [4.69, 9.17) is 11.6 Å². The summed E-state index contributed by atoms with van der Waals surface area (Å²) in [5.74, 6) is -0.402. The van der Waals surface area contributed by atoms with Crippen molar-refractivity contribution >= 4 is 41.5 Å². The third kappa shape index (κ3) is 5.46. The lowest BCUT2D eigenvalue weighted by molar-refractivity contribution is -0.116. The molecule has 1 rings (SSSR count). The van der Waals surface area contributed by atoms with E-state index in [1.165, 1.54) is 7.05 Å². The summed E-state index contributed by atoms with van der Waals surface area (Å²) in [5, 5.41) is 8.43. The minimum atomic E-state index is -0.286. The van der Waals surface area contributed by atoms with E-state index in [-0.39, 0.29) is 24.2 Å². The lowest BCUT2D eigenvalue weighted by Gasteiger charge is -2.08. The fraction of sp³-hybridized carbons (Fsp3) is 0.333. The Bertz CT molecular complexity index is 453. The Morgan fingerprint density at radius 3 is 2.53 bits per heavy atom. The predicted molar refractivity (Wildman–Crippen MR) is 79.3 cm³/mol. The van der Waals surface area contributed by atoms with E-state index in [0.717, 1.165) is 0 Å². The molecule has 3 N–H and O–H groups in total. The molecule has 106 valence electrons. The minimum Gasteiger partial charge on any atom is -0.355 e. The van der Waals surface area contributed by atoms with E-state index >= 15 is 0 Å². The van der Waals surface area contributed by atoms with Gasteiger partial charge in [-0.2, -0.15) is 0 Å². The highest BCUT2D eigenvalue weighted by atomic mass is 35.5. The van der Waals surface area contributed by atoms with E-state index in [9.17, 15) is 9.59 Å². The first-order chi connectivity index (χ1) is 8.58. The molecule has 0 radical (unpaired) electrons. The van der Waals surface area contributed by atoms with Crippen LogP contribution in [-0.4, -0.2) is 32.5 Å². The number of hydrogen-bond acceptors (Lipinski definition) is 3. The quantitative estimate of drug-likeness (QED) is 0.775. The van der Waals surface area contributed by atoms with Gasteiger partial charge in [-0.25, -0.2) is 0 Å². The number of carbonyl (C=O) groups excluding carboxylic acids is 2. The van der Waals surface area contributed by atoms with E-state index in [1.807, 2.05) is 0 Å². The molecule has 0 aliphatic heterocycles. The van der Waals surface area contributed by atoms with Gasteiger partial charge in [-0.15, -0.1) is 12.4 Å². The number of nitrogens with one attached hydrogen (secondary N) is 3. The zero-order chi connectivity index (χ0) is 13.5. The second-order valence-corrected chi connectivity index (χ2v) is 4.08. The minimum absolute atomic E-state index is 0. The Morgan fingerprint density at radius 1 is 1.26 bits per heavy atom. The van der Waals surface area contributed by atoms with Crippen LogP contribution in [0.4, 0.5) is 5.69 Å². The number of rotatable bonds is 5. The van der Waals surface area contributed by atoms with Crippen LogP contribution >= 0.6 is 24.0 Å². The molecule has 2 amide bonds. The highest BCUT2D eigenvalue weighted by molar-refractivity contribution is 6.34. The monoisotopic (exact) mass is 305 g/mol. The summed E-state index contributed by atoms with van der Waals surface area (Å²) in [6, 6.07) is 4.80. The van der Waals surface area contributed by atoms with Crippen LogP contribution in [-0.2, 0) is 4.79 Å². The van der Waals surface area contributed by atoms with Gasteiger partial charge in [-0.05, 0) is 25.2 Å². The molecule has 0 saturated carbocycles. The molecule has 1 aromatic rings. The molecule has 0 aromatic heterocycles. The fourth-order valence-electron chi connectivity index (χ4n) is 1.37. The van der Waals surface area contributed by atoms with Crippen LogP contribution in [0.5, 0.6) is 0 Å². The predicted octanol–water partition coefficient (Wildman–Crippen LogP) is 1.67. The fourth-order valence-corrected chi connectivity index (χ4v) is 1.58. The lowest BCUT2D eigenvalue weighted by Crippen LogP contribution is -2.20. The summed E-state index contributed by atoms with van der Waals surface area (Å²) in [4.78, 5) is 23.0. The molecule has 0 bridgehead atoms. The van der Waals surface area contributed by atoms with Crippen LogP contribution in [0, 0.1) is 0 Å². The summed E-state index contributed by atoms with van der Waals surface area (Å²) in [6.07, 6.45) is 0.369. The van der Waals surface area contributed by atoms with Crippen molar-refractivity contribution in [1.29, 1.82) is 0 Å². The van der Waals surface area contributed by atoms with Gasteiger partial charge in [0, 0.05) is 25.7 Å². The van der Waals surface area contributed by atoms with Crippen molar-refractivity contribution in [2.24, 2.45) is 0 Å². The molecule has 0 aliphatic carbocycles. The van der Waals surface area contributed by atoms with E-state index < -0.39 is 0 Å². The van der Waals surface area contributed by atoms with Gasteiger partial charge in [0.05, 0.1) is 10.6 Å². The Kier molecular flexibility index (Phi) is 8.14. The van der Waals surface area contributed by atoms with Gasteiger partial charge in [0.2, 0.25) is 5.91 Å². The van der Waals surface area contributed by atoms with Crippen molar-refractivity contribution in [3.63, 3.8) is 0 Å². The molecule has 1 aromatic carbocycles. The van der Waals surface area contributed by atoms with Gasteiger partial charge in [0.15, 0.2) is 0 Å². The van der Waals surface area contributed by atoms with Gasteiger partial charge in [0.25, 0.3) is 5.91 Å². The molecule has 0 atom stereocenters. The van der Waals surface area contributed by atoms with Crippen molar-refractivity contribution in [3.05, 3.63) is 28.8 Å². The Hall–Kier alpha value is -1.30. The summed E-state index contributed by atoms with van der Waals surface area (Å²) in [6.45, 7) is 0.599. The molecule has 7 heteroatoms. The maximum atomic E-state index is 11.5. The number of anilines is 1. The zero-order valence-corrected chi connectivity index (χ0v) is 12.3. The van der Waals surface area contributed by atoms with Crippen molar-refractivity contribution in [1.82, 2.24) is 10.6 Å². The second kappa shape index (κ2) is 8.74.